The van der Waals surface area contributed by atoms with Crippen molar-refractivity contribution < 1.29 is 31.1 Å². The summed E-state index contributed by atoms with van der Waals surface area (Å²) in [5.74, 6) is 0.619. The van der Waals surface area contributed by atoms with E-state index in [1.54, 1.807) is 18.3 Å². The molecule has 2 aliphatic heterocycles. The third kappa shape index (κ3) is 6.31. The Bertz CT molecular complexity index is 1710. The Labute approximate surface area is 259 Å². The van der Waals surface area contributed by atoms with Gasteiger partial charge < -0.3 is 15.0 Å². The lowest BCUT2D eigenvalue weighted by Gasteiger charge is -2.34. The first kappa shape index (κ1) is 31.1. The van der Waals surface area contributed by atoms with E-state index in [1.165, 1.54) is 28.9 Å². The SMILES string of the molecule is CC1CCC2CN(c3nc(-n4ccc(OCCC5(C(F)(F)F)CC5)n4)ccc3C(=O)NS(=O)(=O)c3cccc(n3)N1)C(C)(C)C2. The number of amides is 1. The Morgan fingerprint density at radius 1 is 1.09 bits per heavy atom. The topological polar surface area (TPSA) is 131 Å². The number of sulfonamides is 1. The molecule has 0 aromatic carbocycles. The maximum Gasteiger partial charge on any atom is 0.394 e. The van der Waals surface area contributed by atoms with Crippen molar-refractivity contribution in [3.8, 4) is 11.7 Å². The summed E-state index contributed by atoms with van der Waals surface area (Å²) in [6, 6.07) is 9.18. The lowest BCUT2D eigenvalue weighted by Crippen LogP contribution is -2.41. The molecule has 0 spiro atoms. The van der Waals surface area contributed by atoms with Crippen molar-refractivity contribution in [2.45, 2.75) is 82.1 Å². The zero-order chi connectivity index (χ0) is 32.2. The number of halogens is 3. The standard InChI is InChI=1S/C30H36F3N7O4S/c1-19-7-8-20-17-28(2,3)39(18-20)26-21(27(41)38-45(42,43)25-6-4-5-22(34-19)35-25)9-10-23(36-26)40-15-11-24(37-40)44-16-14-29(12-13-29)30(31,32)33/h4-6,9-11,15,19-20H,7-8,12-14,16-18H2,1-3H3,(H,34,35)(H,38,41). The summed E-state index contributed by atoms with van der Waals surface area (Å²) in [5.41, 5.74) is -2.00. The number of fused-ring (bicyclic) bond motifs is 6. The molecule has 45 heavy (non-hydrogen) atoms. The van der Waals surface area contributed by atoms with E-state index >= 15 is 0 Å². The normalized spacial score (nSPS) is 23.6. The predicted octanol–water partition coefficient (Wildman–Crippen LogP) is 5.09. The average Bonchev–Trinajstić information content (AvgIpc) is 3.51. The molecular formula is C30H36F3N7O4S. The summed E-state index contributed by atoms with van der Waals surface area (Å²) in [6.07, 6.45) is -0.0617. The molecule has 0 radical (unpaired) electrons. The van der Waals surface area contributed by atoms with E-state index in [1.807, 2.05) is 11.8 Å². The van der Waals surface area contributed by atoms with Gasteiger partial charge >= 0.3 is 6.18 Å². The van der Waals surface area contributed by atoms with Crippen LogP contribution < -0.4 is 19.7 Å². The fraction of sp³-hybridized carbons (Fsp3) is 0.533. The number of ether oxygens (including phenoxy) is 1. The van der Waals surface area contributed by atoms with Crippen LogP contribution in [-0.2, 0) is 10.0 Å². The number of hydrogen-bond acceptors (Lipinski definition) is 9. The molecule has 2 atom stereocenters. The predicted molar refractivity (Wildman–Crippen MR) is 160 cm³/mol. The second-order valence-corrected chi connectivity index (χ2v) is 14.6. The minimum absolute atomic E-state index is 0.0313. The van der Waals surface area contributed by atoms with Crippen molar-refractivity contribution in [1.82, 2.24) is 24.5 Å². The Kier molecular flexibility index (Phi) is 7.73. The molecule has 1 saturated heterocycles. The number of alkyl halides is 3. The van der Waals surface area contributed by atoms with Gasteiger partial charge in [0, 0.05) is 30.4 Å². The summed E-state index contributed by atoms with van der Waals surface area (Å²) in [4.78, 5) is 24.7. The number of carbonyl (C=O) groups excluding carboxylic acids is 1. The first-order chi connectivity index (χ1) is 21.2. The van der Waals surface area contributed by atoms with Gasteiger partial charge in [-0.1, -0.05) is 6.07 Å². The number of aromatic nitrogens is 4. The van der Waals surface area contributed by atoms with Crippen molar-refractivity contribution in [3.05, 3.63) is 48.2 Å². The lowest BCUT2D eigenvalue weighted by atomic mass is 9.92. The van der Waals surface area contributed by atoms with Gasteiger partial charge in [0.05, 0.1) is 17.6 Å². The van der Waals surface area contributed by atoms with Gasteiger partial charge in [-0.25, -0.2) is 19.4 Å². The molecule has 4 bridgehead atoms. The largest absolute Gasteiger partial charge is 0.477 e. The highest BCUT2D eigenvalue weighted by Crippen LogP contribution is 2.59. The zero-order valence-electron chi connectivity index (χ0n) is 25.3. The van der Waals surface area contributed by atoms with Crippen LogP contribution in [0.15, 0.2) is 47.6 Å². The van der Waals surface area contributed by atoms with Crippen molar-refractivity contribution in [2.24, 2.45) is 11.3 Å². The lowest BCUT2D eigenvalue weighted by molar-refractivity contribution is -0.190. The van der Waals surface area contributed by atoms with E-state index in [-0.39, 0.29) is 54.3 Å². The fourth-order valence-electron chi connectivity index (χ4n) is 6.28. The van der Waals surface area contributed by atoms with Gasteiger partial charge in [-0.2, -0.15) is 21.6 Å². The molecule has 2 unspecified atom stereocenters. The van der Waals surface area contributed by atoms with Gasteiger partial charge in [0.15, 0.2) is 10.8 Å². The molecule has 1 amide bonds. The number of nitrogens with one attached hydrogen (secondary N) is 2. The molecule has 1 saturated carbocycles. The van der Waals surface area contributed by atoms with E-state index in [0.717, 1.165) is 19.3 Å². The van der Waals surface area contributed by atoms with Crippen LogP contribution in [0.1, 0.15) is 69.7 Å². The number of hydrogen-bond donors (Lipinski definition) is 2. The average molecular weight is 648 g/mol. The highest BCUT2D eigenvalue weighted by Gasteiger charge is 2.62. The number of anilines is 2. The molecule has 11 nitrogen and oxygen atoms in total. The number of pyridine rings is 2. The molecule has 3 aromatic heterocycles. The minimum Gasteiger partial charge on any atom is -0.477 e. The van der Waals surface area contributed by atoms with Crippen LogP contribution in [0.25, 0.3) is 5.82 Å². The molecule has 6 rings (SSSR count). The molecule has 2 N–H and O–H groups in total. The number of carbonyl (C=O) groups is 1. The second kappa shape index (κ2) is 11.2. The minimum atomic E-state index is -4.32. The summed E-state index contributed by atoms with van der Waals surface area (Å²) in [7, 11) is -4.32. The van der Waals surface area contributed by atoms with Crippen LogP contribution in [0.5, 0.6) is 5.88 Å². The second-order valence-electron chi connectivity index (χ2n) is 12.9. The highest BCUT2D eigenvalue weighted by molar-refractivity contribution is 7.90. The molecular weight excluding hydrogens is 611 g/mol. The first-order valence-corrected chi connectivity index (χ1v) is 16.5. The molecule has 242 valence electrons. The quantitative estimate of drug-likeness (QED) is 0.389. The van der Waals surface area contributed by atoms with E-state index in [9.17, 15) is 26.4 Å². The molecule has 2 fully saturated rings. The van der Waals surface area contributed by atoms with Gasteiger partial charge in [-0.3, -0.25) is 4.79 Å². The van der Waals surface area contributed by atoms with E-state index < -0.39 is 33.1 Å². The molecule has 3 aromatic rings. The van der Waals surface area contributed by atoms with Gasteiger partial charge in [-0.15, -0.1) is 5.10 Å². The van der Waals surface area contributed by atoms with E-state index in [4.69, 9.17) is 9.72 Å². The maximum absolute atomic E-state index is 13.6. The van der Waals surface area contributed by atoms with Crippen molar-refractivity contribution in [3.63, 3.8) is 0 Å². The van der Waals surface area contributed by atoms with Gasteiger partial charge in [0.1, 0.15) is 11.6 Å². The molecule has 3 aliphatic rings. The Morgan fingerprint density at radius 2 is 1.87 bits per heavy atom. The van der Waals surface area contributed by atoms with Crippen LogP contribution >= 0.6 is 0 Å². The van der Waals surface area contributed by atoms with Gasteiger partial charge in [0.2, 0.25) is 5.88 Å². The summed E-state index contributed by atoms with van der Waals surface area (Å²) in [5, 5.41) is 7.33. The Morgan fingerprint density at radius 3 is 2.60 bits per heavy atom. The summed E-state index contributed by atoms with van der Waals surface area (Å²) in [6.45, 7) is 6.62. The van der Waals surface area contributed by atoms with Crippen LogP contribution in [0.2, 0.25) is 0 Å². The van der Waals surface area contributed by atoms with Crippen molar-refractivity contribution >= 4 is 27.6 Å². The van der Waals surface area contributed by atoms with Crippen LogP contribution in [0.3, 0.4) is 0 Å². The third-order valence-electron chi connectivity index (χ3n) is 9.03. The van der Waals surface area contributed by atoms with Crippen molar-refractivity contribution in [1.29, 1.82) is 0 Å². The summed E-state index contributed by atoms with van der Waals surface area (Å²) < 4.78 is 75.5. The molecule has 5 heterocycles. The molecule has 1 aliphatic carbocycles. The van der Waals surface area contributed by atoms with E-state index in [0.29, 0.717) is 24.0 Å². The Hall–Kier alpha value is -3.88. The Balaban J connectivity index is 1.31. The zero-order valence-corrected chi connectivity index (χ0v) is 26.1. The van der Waals surface area contributed by atoms with Gasteiger partial charge in [-0.05, 0) is 89.5 Å². The van der Waals surface area contributed by atoms with Crippen LogP contribution in [0, 0.1) is 11.3 Å². The highest BCUT2D eigenvalue weighted by atomic mass is 32.2. The number of nitrogens with zero attached hydrogens (tertiary/aromatic N) is 5. The smallest absolute Gasteiger partial charge is 0.394 e. The fourth-order valence-corrected chi connectivity index (χ4v) is 7.21. The van der Waals surface area contributed by atoms with Crippen molar-refractivity contribution in [2.75, 3.05) is 23.4 Å². The van der Waals surface area contributed by atoms with E-state index in [2.05, 4.69) is 34.0 Å². The maximum atomic E-state index is 13.6. The van der Waals surface area contributed by atoms with Gasteiger partial charge in [0.25, 0.3) is 15.9 Å². The summed E-state index contributed by atoms with van der Waals surface area (Å²) >= 11 is 0. The van der Waals surface area contributed by atoms with Crippen LogP contribution in [-0.4, -0.2) is 65.0 Å². The molecule has 15 heteroatoms. The third-order valence-corrected chi connectivity index (χ3v) is 10.3. The first-order valence-electron chi connectivity index (χ1n) is 15.0. The van der Waals surface area contributed by atoms with Crippen LogP contribution in [0.4, 0.5) is 24.8 Å². The monoisotopic (exact) mass is 647 g/mol. The number of rotatable bonds is 5.